The van der Waals surface area contributed by atoms with Gasteiger partial charge in [0.15, 0.2) is 0 Å². The van der Waals surface area contributed by atoms with Crippen LogP contribution < -0.4 is 20.4 Å². The van der Waals surface area contributed by atoms with Crippen molar-refractivity contribution in [2.45, 2.75) is 79.8 Å². The van der Waals surface area contributed by atoms with E-state index in [0.717, 1.165) is 0 Å². The fraction of sp³-hybridized carbons (Fsp3) is 1.00. The molecule has 0 atom stereocenters. The molecular formula is C12H30O8STi. The quantitative estimate of drug-likeness (QED) is 0.372. The Hall–Kier alpha value is 0.424. The maximum absolute atomic E-state index is 9.53. The standard InChI is InChI=1S/4C3H7O.H2O4S.Ti/c4*1-3(2)4;1-5(2,3)4;/h4*3H,1-2H3;(H2,1,2,3,4);/q4*-1;;+4. The van der Waals surface area contributed by atoms with Crippen LogP contribution in [-0.2, 0) is 32.1 Å². The van der Waals surface area contributed by atoms with Crippen LogP contribution >= 0.6 is 0 Å². The molecular weight excluding hydrogens is 352 g/mol. The molecule has 0 aromatic heterocycles. The molecule has 0 unspecified atom stereocenters. The first-order chi connectivity index (χ1) is 8.93. The molecule has 10 heteroatoms. The predicted octanol–water partition coefficient (Wildman–Crippen LogP) is -1.63. The third-order valence-corrected chi connectivity index (χ3v) is 0. The van der Waals surface area contributed by atoms with E-state index in [4.69, 9.17) is 17.5 Å². The molecule has 0 saturated carbocycles. The molecule has 0 aliphatic carbocycles. The van der Waals surface area contributed by atoms with Gasteiger partial charge in [-0.05, 0) is 0 Å². The summed E-state index contributed by atoms with van der Waals surface area (Å²) in [5.41, 5.74) is 0. The van der Waals surface area contributed by atoms with Crippen LogP contribution in [0.15, 0.2) is 0 Å². The Morgan fingerprint density at radius 3 is 0.591 bits per heavy atom. The first-order valence-corrected chi connectivity index (χ1v) is 7.66. The molecule has 0 radical (unpaired) electrons. The second-order valence-electron chi connectivity index (χ2n) is 4.64. The summed E-state index contributed by atoms with van der Waals surface area (Å²) in [4.78, 5) is 0. The minimum absolute atomic E-state index is 0. The van der Waals surface area contributed by atoms with Gasteiger partial charge in [0.2, 0.25) is 0 Å². The molecule has 0 fully saturated rings. The van der Waals surface area contributed by atoms with E-state index in [0.29, 0.717) is 0 Å². The Morgan fingerprint density at radius 2 is 0.591 bits per heavy atom. The smallest absolute Gasteiger partial charge is 0.852 e. The van der Waals surface area contributed by atoms with Gasteiger partial charge in [0, 0.05) is 0 Å². The molecule has 0 aromatic rings. The van der Waals surface area contributed by atoms with E-state index in [1.54, 1.807) is 55.4 Å². The maximum atomic E-state index is 9.53. The van der Waals surface area contributed by atoms with Crippen LogP contribution in [0.5, 0.6) is 0 Å². The zero-order valence-electron chi connectivity index (χ0n) is 14.6. The van der Waals surface area contributed by atoms with Crippen molar-refractivity contribution in [3.63, 3.8) is 0 Å². The van der Waals surface area contributed by atoms with Crippen LogP contribution in [0.25, 0.3) is 0 Å². The molecule has 0 bridgehead atoms. The van der Waals surface area contributed by atoms with E-state index in [1.165, 1.54) is 0 Å². The van der Waals surface area contributed by atoms with E-state index >= 15 is 0 Å². The van der Waals surface area contributed by atoms with Crippen molar-refractivity contribution in [2.24, 2.45) is 0 Å². The Labute approximate surface area is 150 Å². The Kier molecular flexibility index (Phi) is 45.7. The Balaban J connectivity index is -0.0000000361. The minimum atomic E-state index is -4.67. The normalized spacial score (nSPS) is 9.18. The molecule has 8 nitrogen and oxygen atoms in total. The second-order valence-corrected chi connectivity index (χ2v) is 5.54. The molecule has 0 aliphatic heterocycles. The summed E-state index contributed by atoms with van der Waals surface area (Å²) in [5.74, 6) is 0. The van der Waals surface area contributed by atoms with E-state index in [1.807, 2.05) is 0 Å². The van der Waals surface area contributed by atoms with E-state index in [2.05, 4.69) is 0 Å². The average molecular weight is 382 g/mol. The van der Waals surface area contributed by atoms with Crippen molar-refractivity contribution < 1.29 is 59.7 Å². The Bertz CT molecular complexity index is 211. The van der Waals surface area contributed by atoms with Crippen LogP contribution in [0.3, 0.4) is 0 Å². The van der Waals surface area contributed by atoms with Crippen LogP contribution in [0.2, 0.25) is 0 Å². The predicted molar refractivity (Wildman–Crippen MR) is 74.7 cm³/mol. The number of hydrogen-bond donors (Lipinski definition) is 2. The van der Waals surface area contributed by atoms with Crippen LogP contribution in [0.4, 0.5) is 0 Å². The molecule has 136 valence electrons. The van der Waals surface area contributed by atoms with Gasteiger partial charge in [-0.15, -0.1) is 24.4 Å². The van der Waals surface area contributed by atoms with Gasteiger partial charge in [-0.1, -0.05) is 55.4 Å². The van der Waals surface area contributed by atoms with Crippen molar-refractivity contribution >= 4 is 10.4 Å². The van der Waals surface area contributed by atoms with Crippen molar-refractivity contribution in [3.05, 3.63) is 0 Å². The second kappa shape index (κ2) is 26.3. The summed E-state index contributed by atoms with van der Waals surface area (Å²) in [6, 6.07) is 0. The molecule has 22 heavy (non-hydrogen) atoms. The maximum Gasteiger partial charge on any atom is 4.00 e. The van der Waals surface area contributed by atoms with Crippen molar-refractivity contribution in [2.75, 3.05) is 0 Å². The molecule has 0 saturated heterocycles. The zero-order valence-corrected chi connectivity index (χ0v) is 16.9. The van der Waals surface area contributed by atoms with Gasteiger partial charge in [0.25, 0.3) is 0 Å². The Morgan fingerprint density at radius 1 is 0.591 bits per heavy atom. The van der Waals surface area contributed by atoms with Crippen molar-refractivity contribution in [1.29, 1.82) is 0 Å². The van der Waals surface area contributed by atoms with Crippen LogP contribution in [0, 0.1) is 0 Å². The summed E-state index contributed by atoms with van der Waals surface area (Å²) < 4.78 is 31.6. The van der Waals surface area contributed by atoms with E-state index < -0.39 is 34.8 Å². The average Bonchev–Trinajstić information content (AvgIpc) is 1.91. The molecule has 0 aromatic carbocycles. The van der Waals surface area contributed by atoms with Gasteiger partial charge in [-0.25, -0.2) is 0 Å². The molecule has 2 N–H and O–H groups in total. The zero-order chi connectivity index (χ0) is 18.8. The van der Waals surface area contributed by atoms with Crippen LogP contribution in [0.1, 0.15) is 55.4 Å². The number of hydrogen-bond acceptors (Lipinski definition) is 6. The topological polar surface area (TPSA) is 167 Å². The monoisotopic (exact) mass is 382 g/mol. The summed E-state index contributed by atoms with van der Waals surface area (Å²) in [6.45, 7) is 12.9. The summed E-state index contributed by atoms with van der Waals surface area (Å²) in [6.07, 6.45) is -1.67. The van der Waals surface area contributed by atoms with E-state index in [-0.39, 0.29) is 21.7 Å². The van der Waals surface area contributed by atoms with Crippen molar-refractivity contribution in [1.82, 2.24) is 0 Å². The third kappa shape index (κ3) is 42800. The largest absolute Gasteiger partial charge is 4.00 e. The first kappa shape index (κ1) is 38.2. The molecule has 0 spiro atoms. The molecule has 0 rings (SSSR count). The van der Waals surface area contributed by atoms with Crippen LogP contribution in [-0.4, -0.2) is 41.9 Å². The molecule has 0 amide bonds. The van der Waals surface area contributed by atoms with E-state index in [9.17, 15) is 20.4 Å². The van der Waals surface area contributed by atoms with Crippen molar-refractivity contribution in [3.8, 4) is 0 Å². The SMILES string of the molecule is CC(C)[O-].CC(C)[O-].CC(C)[O-].CC(C)[O-].O=S(=O)(O)O.[Ti+4]. The fourth-order valence-corrected chi connectivity index (χ4v) is 0. The fourth-order valence-electron chi connectivity index (χ4n) is 0. The molecule has 0 heterocycles. The van der Waals surface area contributed by atoms with Gasteiger partial charge in [-0.2, -0.15) is 8.42 Å². The minimum Gasteiger partial charge on any atom is -0.852 e. The summed E-state index contributed by atoms with van der Waals surface area (Å²) in [7, 11) is -4.67. The molecule has 0 aliphatic rings. The third-order valence-electron chi connectivity index (χ3n) is 0. The van der Waals surface area contributed by atoms with Gasteiger partial charge >= 0.3 is 32.1 Å². The summed E-state index contributed by atoms with van der Waals surface area (Å²) >= 11 is 0. The summed E-state index contributed by atoms with van der Waals surface area (Å²) in [5, 5.41) is 38.1. The van der Waals surface area contributed by atoms with Gasteiger partial charge in [-0.3, -0.25) is 9.11 Å². The van der Waals surface area contributed by atoms with Gasteiger partial charge in [0.1, 0.15) is 0 Å². The first-order valence-electron chi connectivity index (χ1n) is 6.26. The van der Waals surface area contributed by atoms with Gasteiger partial charge in [0.05, 0.1) is 0 Å². The van der Waals surface area contributed by atoms with Gasteiger partial charge < -0.3 is 20.4 Å². The number of rotatable bonds is 0.